The van der Waals surface area contributed by atoms with E-state index in [1.54, 1.807) is 5.38 Å². The summed E-state index contributed by atoms with van der Waals surface area (Å²) < 4.78 is 32.7. The number of aromatic nitrogens is 1. The second kappa shape index (κ2) is 4.66. The fraction of sp³-hybridized carbons (Fsp3) is 0.625. The predicted molar refractivity (Wildman–Crippen MR) is 61.8 cm³/mol. The molecule has 1 aliphatic rings. The summed E-state index contributed by atoms with van der Waals surface area (Å²) in [5, 5.41) is 2.21. The van der Waals surface area contributed by atoms with Gasteiger partial charge in [0.1, 0.15) is 0 Å². The lowest BCUT2D eigenvalue weighted by Gasteiger charge is -2.25. The molecule has 1 aromatic rings. The third-order valence-corrected chi connectivity index (χ3v) is 4.65. The molecule has 0 bridgehead atoms. The highest BCUT2D eigenvalue weighted by atomic mass is 32.2. The number of anilines is 1. The van der Waals surface area contributed by atoms with Crippen molar-refractivity contribution >= 4 is 26.7 Å². The van der Waals surface area contributed by atoms with E-state index in [4.69, 9.17) is 4.74 Å². The highest BCUT2D eigenvalue weighted by Crippen LogP contribution is 2.17. The number of thiazole rings is 1. The SMILES string of the molecule is Cc1csc(NS(=O)(=O)N2CCOCC2)n1. The van der Waals surface area contributed by atoms with Crippen LogP contribution < -0.4 is 4.72 Å². The lowest BCUT2D eigenvalue weighted by molar-refractivity contribution is 0.0733. The summed E-state index contributed by atoms with van der Waals surface area (Å²) >= 11 is 1.28. The van der Waals surface area contributed by atoms with E-state index in [0.717, 1.165) is 5.69 Å². The van der Waals surface area contributed by atoms with Crippen LogP contribution in [0.4, 0.5) is 5.13 Å². The molecule has 1 N–H and O–H groups in total. The van der Waals surface area contributed by atoms with E-state index in [1.165, 1.54) is 15.6 Å². The number of rotatable bonds is 3. The molecule has 0 atom stereocenters. The molecular weight excluding hydrogens is 250 g/mol. The van der Waals surface area contributed by atoms with Gasteiger partial charge in [-0.25, -0.2) is 9.71 Å². The second-order valence-corrected chi connectivity index (χ2v) is 5.94. The molecular formula is C8H13N3O3S2. The number of aryl methyl sites for hydroxylation is 1. The molecule has 16 heavy (non-hydrogen) atoms. The molecule has 1 aliphatic heterocycles. The van der Waals surface area contributed by atoms with Crippen LogP contribution in [0.3, 0.4) is 0 Å². The van der Waals surface area contributed by atoms with E-state index in [0.29, 0.717) is 31.4 Å². The Kier molecular flexibility index (Phi) is 3.43. The van der Waals surface area contributed by atoms with Gasteiger partial charge in [0, 0.05) is 18.5 Å². The summed E-state index contributed by atoms with van der Waals surface area (Å²) in [5.41, 5.74) is 0.810. The molecule has 1 fully saturated rings. The van der Waals surface area contributed by atoms with Gasteiger partial charge in [0.25, 0.3) is 0 Å². The Bertz CT molecular complexity index is 451. The highest BCUT2D eigenvalue weighted by Gasteiger charge is 2.24. The van der Waals surface area contributed by atoms with Gasteiger partial charge in [-0.3, -0.25) is 0 Å². The Morgan fingerprint density at radius 2 is 2.19 bits per heavy atom. The summed E-state index contributed by atoms with van der Waals surface area (Å²) in [4.78, 5) is 4.06. The van der Waals surface area contributed by atoms with E-state index in [-0.39, 0.29) is 0 Å². The molecule has 6 nitrogen and oxygen atoms in total. The third kappa shape index (κ3) is 2.70. The second-order valence-electron chi connectivity index (χ2n) is 3.41. The molecule has 2 rings (SSSR count). The highest BCUT2D eigenvalue weighted by molar-refractivity contribution is 7.90. The van der Waals surface area contributed by atoms with Gasteiger partial charge in [0.2, 0.25) is 0 Å². The summed E-state index contributed by atoms with van der Waals surface area (Å²) in [6.07, 6.45) is 0. The molecule has 90 valence electrons. The largest absolute Gasteiger partial charge is 0.379 e. The van der Waals surface area contributed by atoms with E-state index in [9.17, 15) is 8.42 Å². The minimum absolute atomic E-state index is 0.389. The van der Waals surface area contributed by atoms with Crippen LogP contribution in [0.5, 0.6) is 0 Å². The molecule has 0 unspecified atom stereocenters. The normalized spacial score (nSPS) is 18.6. The van der Waals surface area contributed by atoms with Crippen LogP contribution in [0.25, 0.3) is 0 Å². The van der Waals surface area contributed by atoms with Crippen LogP contribution in [0.1, 0.15) is 5.69 Å². The van der Waals surface area contributed by atoms with Crippen LogP contribution in [0.15, 0.2) is 5.38 Å². The average Bonchev–Trinajstić information content (AvgIpc) is 2.64. The van der Waals surface area contributed by atoms with E-state index in [2.05, 4.69) is 9.71 Å². The first kappa shape index (κ1) is 11.8. The molecule has 0 saturated carbocycles. The maximum atomic E-state index is 11.9. The number of nitrogens with one attached hydrogen (secondary N) is 1. The molecule has 0 amide bonds. The van der Waals surface area contributed by atoms with Crippen molar-refractivity contribution in [1.29, 1.82) is 0 Å². The zero-order valence-corrected chi connectivity index (χ0v) is 10.5. The lowest BCUT2D eigenvalue weighted by atomic mass is 10.5. The number of nitrogens with zero attached hydrogens (tertiary/aromatic N) is 2. The number of hydrogen-bond donors (Lipinski definition) is 1. The smallest absolute Gasteiger partial charge is 0.303 e. The van der Waals surface area contributed by atoms with Crippen molar-refractivity contribution in [3.63, 3.8) is 0 Å². The van der Waals surface area contributed by atoms with Crippen molar-refractivity contribution in [3.8, 4) is 0 Å². The minimum Gasteiger partial charge on any atom is -0.379 e. The van der Waals surface area contributed by atoms with Gasteiger partial charge < -0.3 is 4.74 Å². The van der Waals surface area contributed by atoms with Gasteiger partial charge in [-0.2, -0.15) is 12.7 Å². The van der Waals surface area contributed by atoms with E-state index in [1.807, 2.05) is 6.92 Å². The van der Waals surface area contributed by atoms with E-state index < -0.39 is 10.2 Å². The summed E-state index contributed by atoms with van der Waals surface area (Å²) in [5.74, 6) is 0. The molecule has 0 spiro atoms. The standard InChI is InChI=1S/C8H13N3O3S2/c1-7-6-15-8(9-7)10-16(12,13)11-2-4-14-5-3-11/h6H,2-5H2,1H3,(H,9,10). The fourth-order valence-electron chi connectivity index (χ4n) is 1.36. The molecule has 0 radical (unpaired) electrons. The number of morpholine rings is 1. The van der Waals surface area contributed by atoms with Crippen molar-refractivity contribution < 1.29 is 13.2 Å². The monoisotopic (exact) mass is 263 g/mol. The Morgan fingerprint density at radius 3 is 2.75 bits per heavy atom. The first-order valence-corrected chi connectivity index (χ1v) is 7.18. The molecule has 8 heteroatoms. The predicted octanol–water partition coefficient (Wildman–Crippen LogP) is 0.440. The Balaban J connectivity index is 2.07. The average molecular weight is 263 g/mol. The Morgan fingerprint density at radius 1 is 1.50 bits per heavy atom. The Hall–Kier alpha value is -0.700. The molecule has 0 aliphatic carbocycles. The fourth-order valence-corrected chi connectivity index (χ4v) is 3.43. The maximum absolute atomic E-state index is 11.9. The number of ether oxygens (including phenoxy) is 1. The van der Waals surface area contributed by atoms with Gasteiger partial charge >= 0.3 is 10.2 Å². The third-order valence-electron chi connectivity index (χ3n) is 2.15. The van der Waals surface area contributed by atoms with Crippen molar-refractivity contribution in [3.05, 3.63) is 11.1 Å². The van der Waals surface area contributed by atoms with Crippen LogP contribution in [-0.2, 0) is 14.9 Å². The van der Waals surface area contributed by atoms with E-state index >= 15 is 0 Å². The van der Waals surface area contributed by atoms with Gasteiger partial charge in [0.15, 0.2) is 5.13 Å². The zero-order valence-electron chi connectivity index (χ0n) is 8.84. The summed E-state index contributed by atoms with van der Waals surface area (Å²) in [7, 11) is -3.47. The van der Waals surface area contributed by atoms with Crippen LogP contribution >= 0.6 is 11.3 Å². The first-order valence-electron chi connectivity index (χ1n) is 4.86. The van der Waals surface area contributed by atoms with Crippen molar-refractivity contribution in [1.82, 2.24) is 9.29 Å². The molecule has 0 aromatic carbocycles. The van der Waals surface area contributed by atoms with Crippen LogP contribution in [0, 0.1) is 6.92 Å². The van der Waals surface area contributed by atoms with Gasteiger partial charge in [-0.05, 0) is 6.92 Å². The molecule has 1 aromatic heterocycles. The van der Waals surface area contributed by atoms with Crippen LogP contribution in [0.2, 0.25) is 0 Å². The quantitative estimate of drug-likeness (QED) is 0.859. The molecule has 1 saturated heterocycles. The molecule has 2 heterocycles. The van der Waals surface area contributed by atoms with Crippen molar-refractivity contribution in [2.75, 3.05) is 31.0 Å². The number of hydrogen-bond acceptors (Lipinski definition) is 5. The van der Waals surface area contributed by atoms with Gasteiger partial charge in [-0.15, -0.1) is 11.3 Å². The Labute approximate surface area is 98.4 Å². The lowest BCUT2D eigenvalue weighted by Crippen LogP contribution is -2.43. The maximum Gasteiger partial charge on any atom is 0.303 e. The van der Waals surface area contributed by atoms with Crippen molar-refractivity contribution in [2.24, 2.45) is 0 Å². The zero-order chi connectivity index (χ0) is 11.6. The summed E-state index contributed by atoms with van der Waals surface area (Å²) in [6, 6.07) is 0. The van der Waals surface area contributed by atoms with Crippen LogP contribution in [-0.4, -0.2) is 44.0 Å². The topological polar surface area (TPSA) is 71.5 Å². The van der Waals surface area contributed by atoms with Crippen molar-refractivity contribution in [2.45, 2.75) is 6.92 Å². The first-order chi connectivity index (χ1) is 7.58. The van der Waals surface area contributed by atoms with Gasteiger partial charge in [-0.1, -0.05) is 0 Å². The minimum atomic E-state index is -3.47. The summed E-state index contributed by atoms with van der Waals surface area (Å²) in [6.45, 7) is 3.48. The van der Waals surface area contributed by atoms with Gasteiger partial charge in [0.05, 0.1) is 18.9 Å².